The number of benzene rings is 1. The van der Waals surface area contributed by atoms with Gasteiger partial charge in [0.05, 0.1) is 0 Å². The Hall–Kier alpha value is -1.35. The van der Waals surface area contributed by atoms with Gasteiger partial charge in [0.25, 0.3) is 0 Å². The van der Waals surface area contributed by atoms with Crippen molar-refractivity contribution >= 4 is 5.97 Å². The monoisotopic (exact) mass is 263 g/mol. The van der Waals surface area contributed by atoms with Crippen LogP contribution in [-0.2, 0) is 11.2 Å². The number of rotatable bonds is 8. The lowest BCUT2D eigenvalue weighted by molar-refractivity contribution is -0.138. The van der Waals surface area contributed by atoms with E-state index in [0.29, 0.717) is 5.92 Å². The molecular weight excluding hydrogens is 238 g/mol. The van der Waals surface area contributed by atoms with Crippen molar-refractivity contribution < 1.29 is 9.90 Å². The van der Waals surface area contributed by atoms with Crippen LogP contribution in [0.25, 0.3) is 0 Å². The molecule has 2 unspecified atom stereocenters. The molecule has 0 saturated heterocycles. The summed E-state index contributed by atoms with van der Waals surface area (Å²) in [5, 5.41) is 8.96. The minimum absolute atomic E-state index is 0.0329. The van der Waals surface area contributed by atoms with Gasteiger partial charge in [0.15, 0.2) is 0 Å². The highest BCUT2D eigenvalue weighted by Crippen LogP contribution is 2.21. The maximum Gasteiger partial charge on any atom is 0.303 e. The second-order valence-electron chi connectivity index (χ2n) is 5.78. The quantitative estimate of drug-likeness (QED) is 0.757. The fraction of sp³-hybridized carbons (Fsp3) is 0.562. The first-order chi connectivity index (χ1) is 8.97. The van der Waals surface area contributed by atoms with Gasteiger partial charge in [-0.1, -0.05) is 44.2 Å². The number of hydrogen-bond donors (Lipinski definition) is 2. The van der Waals surface area contributed by atoms with Crippen molar-refractivity contribution in [3.05, 3.63) is 35.9 Å². The smallest absolute Gasteiger partial charge is 0.303 e. The average Bonchev–Trinajstić information content (AvgIpc) is 2.27. The number of hydrogen-bond acceptors (Lipinski definition) is 2. The Morgan fingerprint density at radius 1 is 1.21 bits per heavy atom. The lowest BCUT2D eigenvalue weighted by Crippen LogP contribution is -2.27. The van der Waals surface area contributed by atoms with Gasteiger partial charge in [0, 0.05) is 12.5 Å². The highest BCUT2D eigenvalue weighted by molar-refractivity contribution is 5.67. The van der Waals surface area contributed by atoms with Gasteiger partial charge in [-0.05, 0) is 36.7 Å². The average molecular weight is 263 g/mol. The van der Waals surface area contributed by atoms with E-state index in [4.69, 9.17) is 10.8 Å². The topological polar surface area (TPSA) is 63.3 Å². The summed E-state index contributed by atoms with van der Waals surface area (Å²) in [6, 6.07) is 10.2. The van der Waals surface area contributed by atoms with Crippen LogP contribution in [0, 0.1) is 11.8 Å². The molecule has 0 aliphatic heterocycles. The number of nitrogens with two attached hydrogens (primary N) is 1. The van der Waals surface area contributed by atoms with Crippen molar-refractivity contribution in [1.29, 1.82) is 0 Å². The SMILES string of the molecule is CC(C)CC(CC(=O)O)CC(N)Cc1ccccc1. The molecule has 3 nitrogen and oxygen atoms in total. The van der Waals surface area contributed by atoms with E-state index in [-0.39, 0.29) is 18.4 Å². The number of carboxylic acid groups (broad SMARTS) is 1. The highest BCUT2D eigenvalue weighted by atomic mass is 16.4. The van der Waals surface area contributed by atoms with Crippen LogP contribution in [-0.4, -0.2) is 17.1 Å². The molecule has 0 fully saturated rings. The zero-order valence-electron chi connectivity index (χ0n) is 11.9. The summed E-state index contributed by atoms with van der Waals surface area (Å²) in [4.78, 5) is 10.9. The van der Waals surface area contributed by atoms with Gasteiger partial charge < -0.3 is 10.8 Å². The van der Waals surface area contributed by atoms with Crippen molar-refractivity contribution in [3.8, 4) is 0 Å². The van der Waals surface area contributed by atoms with Crippen LogP contribution >= 0.6 is 0 Å². The van der Waals surface area contributed by atoms with E-state index < -0.39 is 5.97 Å². The van der Waals surface area contributed by atoms with E-state index in [1.54, 1.807) is 0 Å². The third-order valence-corrected chi connectivity index (χ3v) is 3.24. The Bertz CT molecular complexity index is 376. The fourth-order valence-corrected chi connectivity index (χ4v) is 2.60. The van der Waals surface area contributed by atoms with Crippen molar-refractivity contribution in [2.24, 2.45) is 17.6 Å². The maximum atomic E-state index is 10.9. The van der Waals surface area contributed by atoms with E-state index in [1.165, 1.54) is 5.56 Å². The van der Waals surface area contributed by atoms with Gasteiger partial charge in [-0.3, -0.25) is 4.79 Å². The van der Waals surface area contributed by atoms with Crippen LogP contribution < -0.4 is 5.73 Å². The van der Waals surface area contributed by atoms with Crippen molar-refractivity contribution in [1.82, 2.24) is 0 Å². The molecule has 0 aliphatic rings. The van der Waals surface area contributed by atoms with E-state index in [1.807, 2.05) is 18.2 Å². The Morgan fingerprint density at radius 3 is 2.37 bits per heavy atom. The molecule has 1 aromatic rings. The summed E-state index contributed by atoms with van der Waals surface area (Å²) in [5.74, 6) is -0.0398. The molecular formula is C16H25NO2. The van der Waals surface area contributed by atoms with Crippen molar-refractivity contribution in [2.75, 3.05) is 0 Å². The summed E-state index contributed by atoms with van der Waals surface area (Å²) >= 11 is 0. The molecule has 0 aliphatic carbocycles. The molecule has 3 heteroatoms. The zero-order chi connectivity index (χ0) is 14.3. The van der Waals surface area contributed by atoms with Crippen molar-refractivity contribution in [2.45, 2.75) is 45.6 Å². The Balaban J connectivity index is 2.50. The number of carboxylic acids is 1. The van der Waals surface area contributed by atoms with E-state index in [2.05, 4.69) is 26.0 Å². The van der Waals surface area contributed by atoms with Gasteiger partial charge in [0.1, 0.15) is 0 Å². The predicted molar refractivity (Wildman–Crippen MR) is 77.9 cm³/mol. The van der Waals surface area contributed by atoms with E-state index in [9.17, 15) is 4.79 Å². The predicted octanol–water partition coefficient (Wildman–Crippen LogP) is 3.08. The molecule has 0 saturated carbocycles. The number of aliphatic carboxylic acids is 1. The first kappa shape index (κ1) is 15.7. The second kappa shape index (κ2) is 7.95. The molecule has 1 rings (SSSR count). The third kappa shape index (κ3) is 6.97. The van der Waals surface area contributed by atoms with Crippen LogP contribution in [0.2, 0.25) is 0 Å². The minimum Gasteiger partial charge on any atom is -0.481 e. The van der Waals surface area contributed by atoms with Crippen LogP contribution in [0.15, 0.2) is 30.3 Å². The molecule has 19 heavy (non-hydrogen) atoms. The first-order valence-corrected chi connectivity index (χ1v) is 6.98. The van der Waals surface area contributed by atoms with E-state index >= 15 is 0 Å². The molecule has 3 N–H and O–H groups in total. The molecule has 106 valence electrons. The molecule has 0 heterocycles. The van der Waals surface area contributed by atoms with Gasteiger partial charge >= 0.3 is 5.97 Å². The molecule has 0 radical (unpaired) electrons. The minimum atomic E-state index is -0.724. The summed E-state index contributed by atoms with van der Waals surface area (Å²) in [7, 11) is 0. The lowest BCUT2D eigenvalue weighted by atomic mass is 9.87. The maximum absolute atomic E-state index is 10.9. The van der Waals surface area contributed by atoms with E-state index in [0.717, 1.165) is 19.3 Å². The normalized spacial score (nSPS) is 14.3. The lowest BCUT2D eigenvalue weighted by Gasteiger charge is -2.21. The molecule has 2 atom stereocenters. The van der Waals surface area contributed by atoms with Crippen LogP contribution in [0.3, 0.4) is 0 Å². The molecule has 0 spiro atoms. The summed E-state index contributed by atoms with van der Waals surface area (Å²) < 4.78 is 0. The summed E-state index contributed by atoms with van der Waals surface area (Å²) in [6.45, 7) is 4.25. The van der Waals surface area contributed by atoms with Crippen molar-refractivity contribution in [3.63, 3.8) is 0 Å². The Labute approximate surface area is 115 Å². The second-order valence-corrected chi connectivity index (χ2v) is 5.78. The van der Waals surface area contributed by atoms with Crippen LogP contribution in [0.5, 0.6) is 0 Å². The standard InChI is InChI=1S/C16H25NO2/c1-12(2)8-14(11-16(18)19)10-15(17)9-13-6-4-3-5-7-13/h3-7,12,14-15H,8-11,17H2,1-2H3,(H,18,19). The largest absolute Gasteiger partial charge is 0.481 e. The first-order valence-electron chi connectivity index (χ1n) is 6.98. The fourth-order valence-electron chi connectivity index (χ4n) is 2.60. The van der Waals surface area contributed by atoms with Crippen LogP contribution in [0.4, 0.5) is 0 Å². The Kier molecular flexibility index (Phi) is 6.57. The molecule has 0 amide bonds. The number of carbonyl (C=O) groups is 1. The zero-order valence-corrected chi connectivity index (χ0v) is 11.9. The molecule has 0 aromatic heterocycles. The van der Waals surface area contributed by atoms with Gasteiger partial charge in [0.2, 0.25) is 0 Å². The van der Waals surface area contributed by atoms with Gasteiger partial charge in [-0.25, -0.2) is 0 Å². The molecule has 0 bridgehead atoms. The summed E-state index contributed by atoms with van der Waals surface area (Å²) in [6.07, 6.45) is 2.74. The Morgan fingerprint density at radius 2 is 1.84 bits per heavy atom. The highest BCUT2D eigenvalue weighted by Gasteiger charge is 2.18. The van der Waals surface area contributed by atoms with Crippen LogP contribution in [0.1, 0.15) is 38.7 Å². The third-order valence-electron chi connectivity index (χ3n) is 3.24. The van der Waals surface area contributed by atoms with Gasteiger partial charge in [-0.15, -0.1) is 0 Å². The summed E-state index contributed by atoms with van der Waals surface area (Å²) in [5.41, 5.74) is 7.38. The van der Waals surface area contributed by atoms with Gasteiger partial charge in [-0.2, -0.15) is 0 Å². The molecule has 1 aromatic carbocycles.